The van der Waals surface area contributed by atoms with Gasteiger partial charge in [0.1, 0.15) is 0 Å². The molecule has 0 atom stereocenters. The summed E-state index contributed by atoms with van der Waals surface area (Å²) >= 11 is 0. The number of halogens is 1. The van der Waals surface area contributed by atoms with Crippen LogP contribution in [0.4, 0.5) is 0 Å². The van der Waals surface area contributed by atoms with Crippen molar-refractivity contribution in [3.63, 3.8) is 0 Å². The third kappa shape index (κ3) is 4.24. The fourth-order valence-corrected chi connectivity index (χ4v) is 4.38. The van der Waals surface area contributed by atoms with Gasteiger partial charge in [0, 0.05) is 43.9 Å². The Labute approximate surface area is 161 Å². The molecule has 3 aliphatic rings. The average molecular weight is 383 g/mol. The number of nitrogens with zero attached hydrogens (tertiary/aromatic N) is 2. The lowest BCUT2D eigenvalue weighted by Gasteiger charge is -2.35. The van der Waals surface area contributed by atoms with Crippen molar-refractivity contribution in [2.45, 2.75) is 70.6 Å². The van der Waals surface area contributed by atoms with E-state index in [0.717, 1.165) is 62.6 Å². The molecule has 1 amide bonds. The first-order chi connectivity index (χ1) is 12.2. The minimum atomic E-state index is 0. The maximum atomic E-state index is 12.8. The number of amides is 1. The Bertz CT molecular complexity index is 605. The molecule has 26 heavy (non-hydrogen) atoms. The van der Waals surface area contributed by atoms with Gasteiger partial charge in [-0.2, -0.15) is 5.10 Å². The highest BCUT2D eigenvalue weighted by Gasteiger charge is 2.30. The van der Waals surface area contributed by atoms with Crippen molar-refractivity contribution in [2.75, 3.05) is 19.6 Å². The van der Waals surface area contributed by atoms with Crippen molar-refractivity contribution in [3.05, 3.63) is 17.0 Å². The van der Waals surface area contributed by atoms with E-state index in [2.05, 4.69) is 22.4 Å². The van der Waals surface area contributed by atoms with Crippen LogP contribution in [-0.4, -0.2) is 52.8 Å². The summed E-state index contributed by atoms with van der Waals surface area (Å²) in [5.41, 5.74) is 2.79. The van der Waals surface area contributed by atoms with Crippen molar-refractivity contribution < 1.29 is 9.53 Å². The van der Waals surface area contributed by atoms with Gasteiger partial charge in [-0.1, -0.05) is 6.92 Å². The van der Waals surface area contributed by atoms with Crippen LogP contribution in [0.2, 0.25) is 0 Å². The molecule has 1 aromatic rings. The minimum Gasteiger partial charge on any atom is -0.375 e. The number of H-pyrrole nitrogens is 1. The maximum absolute atomic E-state index is 12.8. The molecule has 0 radical (unpaired) electrons. The molecule has 1 aromatic heterocycles. The van der Waals surface area contributed by atoms with E-state index >= 15 is 0 Å². The number of piperidine rings is 1. The molecule has 2 N–H and O–H groups in total. The standard InChI is InChI=1S/C19H30N4O2.ClH/c1-13-2-4-14(5-3-13)25-15-7-10-23(11-8-15)19(24)18-16-12-20-9-6-17(16)21-22-18;/h13-15,20H,2-12H2,1H3,(H,21,22);1H. The number of hydrogen-bond acceptors (Lipinski definition) is 4. The molecule has 3 heterocycles. The van der Waals surface area contributed by atoms with Crippen molar-refractivity contribution in [2.24, 2.45) is 5.92 Å². The molecule has 1 saturated heterocycles. The number of hydrogen-bond donors (Lipinski definition) is 2. The molecule has 6 nitrogen and oxygen atoms in total. The number of carbonyl (C=O) groups excluding carboxylic acids is 1. The zero-order valence-corrected chi connectivity index (χ0v) is 16.4. The largest absolute Gasteiger partial charge is 0.375 e. The van der Waals surface area contributed by atoms with E-state index < -0.39 is 0 Å². The van der Waals surface area contributed by atoms with E-state index in [1.54, 1.807) is 0 Å². The molecule has 1 aliphatic carbocycles. The van der Waals surface area contributed by atoms with Crippen LogP contribution in [0.15, 0.2) is 0 Å². The van der Waals surface area contributed by atoms with Crippen LogP contribution in [-0.2, 0) is 17.7 Å². The number of fused-ring (bicyclic) bond motifs is 1. The molecule has 4 rings (SSSR count). The number of ether oxygens (including phenoxy) is 1. The molecule has 1 saturated carbocycles. The van der Waals surface area contributed by atoms with Gasteiger partial charge in [-0.3, -0.25) is 9.89 Å². The highest BCUT2D eigenvalue weighted by atomic mass is 35.5. The number of likely N-dealkylation sites (tertiary alicyclic amines) is 1. The summed E-state index contributed by atoms with van der Waals surface area (Å²) in [7, 11) is 0. The van der Waals surface area contributed by atoms with Crippen molar-refractivity contribution in [1.29, 1.82) is 0 Å². The van der Waals surface area contributed by atoms with Crippen molar-refractivity contribution in [3.8, 4) is 0 Å². The average Bonchev–Trinajstić information content (AvgIpc) is 3.08. The van der Waals surface area contributed by atoms with Gasteiger partial charge in [0.05, 0.1) is 12.2 Å². The predicted molar refractivity (Wildman–Crippen MR) is 103 cm³/mol. The lowest BCUT2D eigenvalue weighted by atomic mass is 9.88. The normalized spacial score (nSPS) is 26.9. The lowest BCUT2D eigenvalue weighted by Crippen LogP contribution is -2.42. The van der Waals surface area contributed by atoms with Gasteiger partial charge in [0.25, 0.3) is 5.91 Å². The fourth-order valence-electron chi connectivity index (χ4n) is 4.38. The van der Waals surface area contributed by atoms with Crippen molar-refractivity contribution in [1.82, 2.24) is 20.4 Å². The predicted octanol–water partition coefficient (Wildman–Crippen LogP) is 2.68. The Hall–Kier alpha value is -1.11. The first kappa shape index (κ1) is 19.6. The molecule has 7 heteroatoms. The summed E-state index contributed by atoms with van der Waals surface area (Å²) in [5.74, 6) is 0.930. The molecule has 2 aliphatic heterocycles. The third-order valence-electron chi connectivity index (χ3n) is 6.09. The third-order valence-corrected chi connectivity index (χ3v) is 6.09. The Kier molecular flexibility index (Phi) is 6.59. The number of nitrogens with one attached hydrogen (secondary N) is 2. The molecule has 0 bridgehead atoms. The molecular weight excluding hydrogens is 352 g/mol. The number of rotatable bonds is 3. The summed E-state index contributed by atoms with van der Waals surface area (Å²) < 4.78 is 6.32. The second-order valence-electron chi connectivity index (χ2n) is 7.97. The van der Waals surface area contributed by atoms with E-state index in [0.29, 0.717) is 17.9 Å². The maximum Gasteiger partial charge on any atom is 0.274 e. The van der Waals surface area contributed by atoms with E-state index in [4.69, 9.17) is 4.74 Å². The zero-order chi connectivity index (χ0) is 17.2. The van der Waals surface area contributed by atoms with Gasteiger partial charge < -0.3 is 15.0 Å². The van der Waals surface area contributed by atoms with Gasteiger partial charge in [-0.15, -0.1) is 12.4 Å². The van der Waals surface area contributed by atoms with Gasteiger partial charge in [-0.25, -0.2) is 0 Å². The summed E-state index contributed by atoms with van der Waals surface area (Å²) in [6.07, 6.45) is 8.56. The fraction of sp³-hybridized carbons (Fsp3) is 0.789. The van der Waals surface area contributed by atoms with Gasteiger partial charge in [-0.05, 0) is 44.4 Å². The SMILES string of the molecule is CC1CCC(OC2CCN(C(=O)c3n[nH]c4c3CNCC4)CC2)CC1.Cl. The van der Waals surface area contributed by atoms with Crippen LogP contribution in [0.25, 0.3) is 0 Å². The second kappa shape index (κ2) is 8.72. The molecular formula is C19H31ClN4O2. The Balaban J connectivity index is 0.00000196. The zero-order valence-electron chi connectivity index (χ0n) is 15.6. The molecule has 2 fully saturated rings. The van der Waals surface area contributed by atoms with E-state index in [1.807, 2.05) is 4.90 Å². The van der Waals surface area contributed by atoms with E-state index in [9.17, 15) is 4.79 Å². The summed E-state index contributed by atoms with van der Waals surface area (Å²) in [6.45, 7) is 5.59. The van der Waals surface area contributed by atoms with E-state index in [1.165, 1.54) is 25.7 Å². The Morgan fingerprint density at radius 1 is 1.12 bits per heavy atom. The minimum absolute atomic E-state index is 0. The first-order valence-electron chi connectivity index (χ1n) is 9.92. The molecule has 0 aromatic carbocycles. The first-order valence-corrected chi connectivity index (χ1v) is 9.92. The quantitative estimate of drug-likeness (QED) is 0.843. The number of aromatic amines is 1. The summed E-state index contributed by atoms with van der Waals surface area (Å²) in [4.78, 5) is 14.8. The van der Waals surface area contributed by atoms with Crippen LogP contribution < -0.4 is 5.32 Å². The van der Waals surface area contributed by atoms with Crippen molar-refractivity contribution >= 4 is 18.3 Å². The Morgan fingerprint density at radius 3 is 2.54 bits per heavy atom. The van der Waals surface area contributed by atoms with Crippen LogP contribution in [0.1, 0.15) is 67.2 Å². The second-order valence-corrected chi connectivity index (χ2v) is 7.97. The van der Waals surface area contributed by atoms with E-state index in [-0.39, 0.29) is 18.3 Å². The highest BCUT2D eigenvalue weighted by molar-refractivity contribution is 5.94. The summed E-state index contributed by atoms with van der Waals surface area (Å²) in [6, 6.07) is 0. The monoisotopic (exact) mass is 382 g/mol. The molecule has 146 valence electrons. The lowest BCUT2D eigenvalue weighted by molar-refractivity contribution is -0.0571. The molecule has 0 spiro atoms. The summed E-state index contributed by atoms with van der Waals surface area (Å²) in [5, 5.41) is 10.7. The van der Waals surface area contributed by atoms with Gasteiger partial charge in [0.15, 0.2) is 5.69 Å². The number of carbonyl (C=O) groups is 1. The van der Waals surface area contributed by atoms with Gasteiger partial charge in [0.2, 0.25) is 0 Å². The van der Waals surface area contributed by atoms with Crippen LogP contribution >= 0.6 is 12.4 Å². The van der Waals surface area contributed by atoms with Gasteiger partial charge >= 0.3 is 0 Å². The van der Waals surface area contributed by atoms with Crippen LogP contribution in [0.5, 0.6) is 0 Å². The topological polar surface area (TPSA) is 70.2 Å². The van der Waals surface area contributed by atoms with Crippen LogP contribution in [0.3, 0.4) is 0 Å². The van der Waals surface area contributed by atoms with Crippen LogP contribution in [0, 0.1) is 5.92 Å². The Morgan fingerprint density at radius 2 is 1.81 bits per heavy atom. The molecule has 0 unspecified atom stereocenters. The smallest absolute Gasteiger partial charge is 0.274 e. The number of aromatic nitrogens is 2. The highest BCUT2D eigenvalue weighted by Crippen LogP contribution is 2.28.